The molecule has 0 aliphatic carbocycles. The van der Waals surface area contributed by atoms with Crippen molar-refractivity contribution < 1.29 is 23.4 Å². The van der Waals surface area contributed by atoms with E-state index in [1.165, 1.54) is 12.3 Å². The van der Waals surface area contributed by atoms with Crippen molar-refractivity contribution in [2.75, 3.05) is 44.4 Å². The molecule has 7 nitrogen and oxygen atoms in total. The molecule has 150 valence electrons. The Balaban J connectivity index is 1.91. The predicted octanol–water partition coefficient (Wildman–Crippen LogP) is 2.46. The summed E-state index contributed by atoms with van der Waals surface area (Å²) in [6.45, 7) is 4.63. The highest BCUT2D eigenvalue weighted by Gasteiger charge is 2.25. The molecule has 28 heavy (non-hydrogen) atoms. The lowest BCUT2D eigenvalue weighted by atomic mass is 10.1. The lowest BCUT2D eigenvalue weighted by molar-refractivity contribution is 0.0509. The third-order valence-corrected chi connectivity index (χ3v) is 5.16. The van der Waals surface area contributed by atoms with Gasteiger partial charge in [-0.2, -0.15) is 0 Å². The zero-order valence-corrected chi connectivity index (χ0v) is 15.8. The first-order valence-electron chi connectivity index (χ1n) is 9.60. The molecule has 1 aromatic carbocycles. The van der Waals surface area contributed by atoms with E-state index in [0.29, 0.717) is 44.1 Å². The van der Waals surface area contributed by atoms with E-state index in [0.717, 1.165) is 12.8 Å². The highest BCUT2D eigenvalue weighted by Crippen LogP contribution is 2.31. The maximum Gasteiger partial charge on any atom is 0.343 e. The monoisotopic (exact) mass is 390 g/mol. The summed E-state index contributed by atoms with van der Waals surface area (Å²) < 4.78 is 32.8. The molecular formula is C20H23FN2O5. The van der Waals surface area contributed by atoms with E-state index in [9.17, 15) is 14.0 Å². The molecule has 0 bridgehead atoms. The van der Waals surface area contributed by atoms with Crippen LogP contribution in [-0.2, 0) is 14.2 Å². The lowest BCUT2D eigenvalue weighted by Crippen LogP contribution is -2.37. The van der Waals surface area contributed by atoms with Crippen LogP contribution in [0.3, 0.4) is 0 Å². The number of hydrogen-bond donors (Lipinski definition) is 0. The van der Waals surface area contributed by atoms with Crippen LogP contribution in [0.4, 0.5) is 10.1 Å². The van der Waals surface area contributed by atoms with Crippen LogP contribution < -0.4 is 10.3 Å². The number of morpholine rings is 1. The smallest absolute Gasteiger partial charge is 0.343 e. The van der Waals surface area contributed by atoms with Crippen molar-refractivity contribution >= 4 is 22.6 Å². The van der Waals surface area contributed by atoms with Crippen LogP contribution in [0.2, 0.25) is 0 Å². The molecule has 2 aliphatic heterocycles. The van der Waals surface area contributed by atoms with Crippen molar-refractivity contribution in [3.63, 3.8) is 0 Å². The summed E-state index contributed by atoms with van der Waals surface area (Å²) in [6, 6.07) is 2.89. The van der Waals surface area contributed by atoms with E-state index in [1.807, 2.05) is 4.90 Å². The summed E-state index contributed by atoms with van der Waals surface area (Å²) in [6.07, 6.45) is 2.81. The molecule has 3 heterocycles. The van der Waals surface area contributed by atoms with Gasteiger partial charge in [-0.25, -0.2) is 9.18 Å². The van der Waals surface area contributed by atoms with Crippen LogP contribution in [-0.4, -0.2) is 50.1 Å². The number of benzene rings is 1. The Kier molecular flexibility index (Phi) is 5.32. The molecule has 1 unspecified atom stereocenters. The van der Waals surface area contributed by atoms with Crippen LogP contribution in [0.25, 0.3) is 10.9 Å². The summed E-state index contributed by atoms with van der Waals surface area (Å²) in [5.74, 6) is -1.20. The molecule has 2 aliphatic rings. The summed E-state index contributed by atoms with van der Waals surface area (Å²) in [4.78, 5) is 27.1. The van der Waals surface area contributed by atoms with Crippen LogP contribution in [0.1, 0.15) is 36.4 Å². The quantitative estimate of drug-likeness (QED) is 0.747. The number of anilines is 1. The van der Waals surface area contributed by atoms with Gasteiger partial charge in [0.2, 0.25) is 5.43 Å². The second-order valence-electron chi connectivity index (χ2n) is 6.89. The van der Waals surface area contributed by atoms with Crippen LogP contribution in [0.5, 0.6) is 0 Å². The van der Waals surface area contributed by atoms with Gasteiger partial charge >= 0.3 is 5.97 Å². The topological polar surface area (TPSA) is 70.0 Å². The zero-order valence-electron chi connectivity index (χ0n) is 15.8. The van der Waals surface area contributed by atoms with Crippen molar-refractivity contribution in [3.8, 4) is 0 Å². The molecule has 0 N–H and O–H groups in total. The van der Waals surface area contributed by atoms with Gasteiger partial charge in [0.25, 0.3) is 0 Å². The van der Waals surface area contributed by atoms with Gasteiger partial charge in [-0.05, 0) is 31.9 Å². The molecule has 1 aromatic heterocycles. The molecule has 0 radical (unpaired) electrons. The number of esters is 1. The average molecular weight is 390 g/mol. The van der Waals surface area contributed by atoms with Crippen molar-refractivity contribution in [1.82, 2.24) is 4.57 Å². The van der Waals surface area contributed by atoms with Crippen molar-refractivity contribution in [1.29, 1.82) is 0 Å². The summed E-state index contributed by atoms with van der Waals surface area (Å²) >= 11 is 0. The standard InChI is InChI=1S/C20H23FN2O5/c1-2-27-20(25)14-12-23(18-4-3-7-28-18)16-11-17(22-5-8-26-9-6-22)15(21)10-13(16)19(14)24/h10-12,18H,2-9H2,1H3. The van der Waals surface area contributed by atoms with Crippen molar-refractivity contribution in [2.24, 2.45) is 0 Å². The minimum absolute atomic E-state index is 0.108. The lowest BCUT2D eigenvalue weighted by Gasteiger charge is -2.30. The van der Waals surface area contributed by atoms with Crippen molar-refractivity contribution in [2.45, 2.75) is 26.0 Å². The fourth-order valence-electron chi connectivity index (χ4n) is 3.78. The Morgan fingerprint density at radius 1 is 1.29 bits per heavy atom. The Labute approximate surface area is 161 Å². The maximum atomic E-state index is 14.9. The fourth-order valence-corrected chi connectivity index (χ4v) is 3.78. The normalized spacial score (nSPS) is 19.9. The zero-order chi connectivity index (χ0) is 19.7. The number of carbonyl (C=O) groups is 1. The van der Waals surface area contributed by atoms with Gasteiger partial charge in [0.05, 0.1) is 31.0 Å². The summed E-state index contributed by atoms with van der Waals surface area (Å²) in [5.41, 5.74) is 0.331. The van der Waals surface area contributed by atoms with Crippen LogP contribution >= 0.6 is 0 Å². The fraction of sp³-hybridized carbons (Fsp3) is 0.500. The van der Waals surface area contributed by atoms with Gasteiger partial charge in [-0.15, -0.1) is 0 Å². The number of halogens is 1. The van der Waals surface area contributed by atoms with Crippen LogP contribution in [0, 0.1) is 5.82 Å². The number of rotatable bonds is 4. The number of pyridine rings is 1. The predicted molar refractivity (Wildman–Crippen MR) is 101 cm³/mol. The van der Waals surface area contributed by atoms with Gasteiger partial charge in [-0.1, -0.05) is 0 Å². The highest BCUT2D eigenvalue weighted by atomic mass is 19.1. The molecule has 0 spiro atoms. The van der Waals surface area contributed by atoms with E-state index in [2.05, 4.69) is 0 Å². The number of nitrogens with zero attached hydrogens (tertiary/aromatic N) is 2. The Bertz CT molecular complexity index is 946. The second kappa shape index (κ2) is 7.89. The number of aromatic nitrogens is 1. The summed E-state index contributed by atoms with van der Waals surface area (Å²) in [5, 5.41) is 0.149. The third kappa shape index (κ3) is 3.38. The minimum Gasteiger partial charge on any atom is -0.462 e. The second-order valence-corrected chi connectivity index (χ2v) is 6.89. The number of carbonyl (C=O) groups excluding carboxylic acids is 1. The maximum absolute atomic E-state index is 14.9. The van der Waals surface area contributed by atoms with Gasteiger partial charge in [0.1, 0.15) is 17.6 Å². The van der Waals surface area contributed by atoms with E-state index < -0.39 is 17.2 Å². The third-order valence-electron chi connectivity index (χ3n) is 5.16. The van der Waals surface area contributed by atoms with Gasteiger partial charge in [0, 0.05) is 31.3 Å². The van der Waals surface area contributed by atoms with Crippen molar-refractivity contribution in [3.05, 3.63) is 39.9 Å². The molecule has 2 saturated heterocycles. The van der Waals surface area contributed by atoms with E-state index in [4.69, 9.17) is 14.2 Å². The molecule has 4 rings (SSSR count). The number of ether oxygens (including phenoxy) is 3. The SMILES string of the molecule is CCOC(=O)c1cn(C2CCCO2)c2cc(N3CCOCC3)c(F)cc2c1=O. The minimum atomic E-state index is -0.709. The highest BCUT2D eigenvalue weighted by molar-refractivity contribution is 5.94. The first-order chi connectivity index (χ1) is 13.6. The Hall–Kier alpha value is -2.45. The van der Waals surface area contributed by atoms with Gasteiger partial charge in [-0.3, -0.25) is 4.79 Å². The number of hydrogen-bond acceptors (Lipinski definition) is 6. The first kappa shape index (κ1) is 18.9. The van der Waals surface area contributed by atoms with Gasteiger partial charge < -0.3 is 23.7 Å². The molecule has 0 saturated carbocycles. The Morgan fingerprint density at radius 2 is 2.07 bits per heavy atom. The molecular weight excluding hydrogens is 367 g/mol. The molecule has 0 amide bonds. The van der Waals surface area contributed by atoms with E-state index in [1.54, 1.807) is 17.6 Å². The molecule has 8 heteroatoms. The van der Waals surface area contributed by atoms with E-state index >= 15 is 0 Å². The number of fused-ring (bicyclic) bond motifs is 1. The Morgan fingerprint density at radius 3 is 2.75 bits per heavy atom. The summed E-state index contributed by atoms with van der Waals surface area (Å²) in [7, 11) is 0. The largest absolute Gasteiger partial charge is 0.462 e. The van der Waals surface area contributed by atoms with Crippen LogP contribution in [0.15, 0.2) is 23.1 Å². The molecule has 2 fully saturated rings. The molecule has 2 aromatic rings. The van der Waals surface area contributed by atoms with E-state index in [-0.39, 0.29) is 23.8 Å². The average Bonchev–Trinajstić information content (AvgIpc) is 3.23. The van der Waals surface area contributed by atoms with Gasteiger partial charge in [0.15, 0.2) is 0 Å². The first-order valence-corrected chi connectivity index (χ1v) is 9.60. The molecule has 1 atom stereocenters.